The zero-order valence-electron chi connectivity index (χ0n) is 15.1. The number of nitrogens with two attached hydrogens (primary N) is 2. The number of aliphatic carboxylic acids is 1. The monoisotopic (exact) mass is 416 g/mol. The molecule has 1 unspecified atom stereocenters. The summed E-state index contributed by atoms with van der Waals surface area (Å²) in [6.07, 6.45) is 1.05. The molecule has 1 aliphatic heterocycles. The molecule has 0 radical (unpaired) electrons. The standard InChI is InChI=1S/C10H13N5O4.C5H11NO2S/c11-8-5-9(13-2-12-8)15(3-14-5)10-7(18)6(17)4(1-16)19-10;1-9-3-2-4(6)5(7)8/h2-4,6-7,10,16-18H,1H2,(H2,11,12,13);4H,2-3,6H2,1H3,(H,7,8)/t4-,6-,7-,10-;/m1./s1. The zero-order valence-corrected chi connectivity index (χ0v) is 15.9. The van der Waals surface area contributed by atoms with E-state index >= 15 is 0 Å². The molecule has 3 rings (SSSR count). The van der Waals surface area contributed by atoms with Crippen LogP contribution in [0.15, 0.2) is 12.7 Å². The maximum absolute atomic E-state index is 10.1. The second kappa shape index (κ2) is 9.95. The summed E-state index contributed by atoms with van der Waals surface area (Å²) in [6.45, 7) is -0.390. The highest BCUT2D eigenvalue weighted by Crippen LogP contribution is 2.31. The number of carboxylic acid groups (broad SMARTS) is 1. The minimum absolute atomic E-state index is 0.218. The summed E-state index contributed by atoms with van der Waals surface area (Å²) in [6, 6.07) is -0.683. The lowest BCUT2D eigenvalue weighted by Gasteiger charge is -2.16. The van der Waals surface area contributed by atoms with E-state index in [1.165, 1.54) is 17.2 Å². The number of rotatable bonds is 6. The SMILES string of the molecule is CSCCC(N)C(=O)O.Nc1ncnc2c1ncn2[C@@H]1O[C@H](CO)[C@@H](O)[C@H]1O. The number of carboxylic acids is 1. The molecule has 2 aromatic heterocycles. The van der Waals surface area contributed by atoms with Crippen molar-refractivity contribution in [2.24, 2.45) is 5.73 Å². The second-order valence-corrected chi connectivity index (χ2v) is 7.02. The van der Waals surface area contributed by atoms with E-state index in [0.717, 1.165) is 5.75 Å². The predicted octanol–water partition coefficient (Wildman–Crippen LogP) is -1.83. The molecule has 0 spiro atoms. The van der Waals surface area contributed by atoms with Gasteiger partial charge in [0.05, 0.1) is 12.9 Å². The van der Waals surface area contributed by atoms with Crippen molar-refractivity contribution in [1.29, 1.82) is 0 Å². The number of hydrogen-bond donors (Lipinski definition) is 6. The molecule has 0 bridgehead atoms. The summed E-state index contributed by atoms with van der Waals surface area (Å²) in [5.41, 5.74) is 11.6. The smallest absolute Gasteiger partial charge is 0.320 e. The van der Waals surface area contributed by atoms with Gasteiger partial charge in [-0.15, -0.1) is 0 Å². The molecule has 0 aliphatic carbocycles. The maximum Gasteiger partial charge on any atom is 0.320 e. The lowest BCUT2D eigenvalue weighted by molar-refractivity contribution is -0.138. The van der Waals surface area contributed by atoms with Gasteiger partial charge in [-0.05, 0) is 18.4 Å². The van der Waals surface area contributed by atoms with Crippen molar-refractivity contribution in [2.75, 3.05) is 24.3 Å². The van der Waals surface area contributed by atoms with Crippen LogP contribution in [0, 0.1) is 0 Å². The fourth-order valence-electron chi connectivity index (χ4n) is 2.53. The van der Waals surface area contributed by atoms with Crippen molar-refractivity contribution in [2.45, 2.75) is 37.0 Å². The van der Waals surface area contributed by atoms with E-state index in [1.54, 1.807) is 11.8 Å². The molecule has 3 heterocycles. The van der Waals surface area contributed by atoms with E-state index < -0.39 is 43.2 Å². The van der Waals surface area contributed by atoms with Gasteiger partial charge in [0, 0.05) is 0 Å². The first-order valence-corrected chi connectivity index (χ1v) is 9.74. The highest BCUT2D eigenvalue weighted by Gasteiger charge is 2.43. The Bertz CT molecular complexity index is 791. The summed E-state index contributed by atoms with van der Waals surface area (Å²) in [7, 11) is 0. The number of carbonyl (C=O) groups is 1. The van der Waals surface area contributed by atoms with Gasteiger partial charge in [-0.3, -0.25) is 9.36 Å². The number of nitrogen functional groups attached to an aromatic ring is 1. The van der Waals surface area contributed by atoms with Crippen LogP contribution in [0.4, 0.5) is 5.82 Å². The third kappa shape index (κ3) is 4.87. The first-order chi connectivity index (χ1) is 13.3. The Hall–Kier alpha value is -2.03. The van der Waals surface area contributed by atoms with Crippen LogP contribution in [0.3, 0.4) is 0 Å². The van der Waals surface area contributed by atoms with Gasteiger partial charge in [-0.1, -0.05) is 0 Å². The Morgan fingerprint density at radius 3 is 2.64 bits per heavy atom. The molecule has 2 aromatic rings. The molecule has 1 aliphatic rings. The molecule has 5 atom stereocenters. The normalized spacial score (nSPS) is 25.3. The van der Waals surface area contributed by atoms with Crippen LogP contribution in [0.2, 0.25) is 0 Å². The topological polar surface area (TPSA) is 203 Å². The number of aliphatic hydroxyl groups is 3. The fourth-order valence-corrected chi connectivity index (χ4v) is 3.02. The number of aromatic nitrogens is 4. The summed E-state index contributed by atoms with van der Waals surface area (Å²) in [5, 5.41) is 37.0. The molecule has 8 N–H and O–H groups in total. The Morgan fingerprint density at radius 1 is 1.36 bits per heavy atom. The molecule has 0 aromatic carbocycles. The average molecular weight is 416 g/mol. The molecule has 156 valence electrons. The van der Waals surface area contributed by atoms with Gasteiger partial charge in [0.25, 0.3) is 0 Å². The van der Waals surface area contributed by atoms with Crippen LogP contribution in [-0.2, 0) is 9.53 Å². The molecule has 13 heteroatoms. The van der Waals surface area contributed by atoms with Crippen LogP contribution in [0.5, 0.6) is 0 Å². The van der Waals surface area contributed by atoms with Crippen molar-refractivity contribution in [1.82, 2.24) is 19.5 Å². The third-order valence-electron chi connectivity index (χ3n) is 4.13. The molecule has 0 amide bonds. The highest BCUT2D eigenvalue weighted by molar-refractivity contribution is 7.98. The minimum Gasteiger partial charge on any atom is -0.480 e. The van der Waals surface area contributed by atoms with Gasteiger partial charge in [0.1, 0.15) is 36.2 Å². The zero-order chi connectivity index (χ0) is 20.8. The predicted molar refractivity (Wildman–Crippen MR) is 101 cm³/mol. The molecule has 28 heavy (non-hydrogen) atoms. The van der Waals surface area contributed by atoms with Gasteiger partial charge < -0.3 is 36.6 Å². The number of nitrogens with zero attached hydrogens (tertiary/aromatic N) is 4. The van der Waals surface area contributed by atoms with Crippen LogP contribution < -0.4 is 11.5 Å². The average Bonchev–Trinajstić information content (AvgIpc) is 3.23. The van der Waals surface area contributed by atoms with Crippen LogP contribution in [-0.4, -0.2) is 88.9 Å². The first kappa shape index (κ1) is 22.3. The van der Waals surface area contributed by atoms with Gasteiger partial charge in [-0.25, -0.2) is 15.0 Å². The highest BCUT2D eigenvalue weighted by atomic mass is 32.2. The number of thioether (sulfide) groups is 1. The molecular formula is C15H24N6O6S. The van der Waals surface area contributed by atoms with Gasteiger partial charge >= 0.3 is 5.97 Å². The molecule has 0 saturated carbocycles. The third-order valence-corrected chi connectivity index (χ3v) is 4.77. The van der Waals surface area contributed by atoms with E-state index in [-0.39, 0.29) is 5.82 Å². The van der Waals surface area contributed by atoms with Crippen molar-refractivity contribution in [3.05, 3.63) is 12.7 Å². The van der Waals surface area contributed by atoms with Crippen molar-refractivity contribution in [3.63, 3.8) is 0 Å². The van der Waals surface area contributed by atoms with Crippen LogP contribution in [0.25, 0.3) is 11.2 Å². The Kier molecular flexibility index (Phi) is 7.91. The summed E-state index contributed by atoms with van der Waals surface area (Å²) in [5.74, 6) is 0.118. The maximum atomic E-state index is 10.1. The van der Waals surface area contributed by atoms with E-state index in [1.807, 2.05) is 6.26 Å². The lowest BCUT2D eigenvalue weighted by atomic mass is 10.1. The summed E-state index contributed by atoms with van der Waals surface area (Å²) in [4.78, 5) is 22.0. The van der Waals surface area contributed by atoms with Gasteiger partial charge in [0.15, 0.2) is 17.7 Å². The van der Waals surface area contributed by atoms with Crippen LogP contribution in [0.1, 0.15) is 12.6 Å². The molecular weight excluding hydrogens is 392 g/mol. The number of aliphatic hydroxyl groups excluding tert-OH is 3. The Balaban J connectivity index is 0.000000266. The molecule has 12 nitrogen and oxygen atoms in total. The number of imidazole rings is 1. The largest absolute Gasteiger partial charge is 0.480 e. The van der Waals surface area contributed by atoms with Crippen molar-refractivity contribution < 1.29 is 30.0 Å². The van der Waals surface area contributed by atoms with E-state index in [0.29, 0.717) is 17.6 Å². The lowest BCUT2D eigenvalue weighted by Crippen LogP contribution is -2.33. The number of fused-ring (bicyclic) bond motifs is 1. The fraction of sp³-hybridized carbons (Fsp3) is 0.600. The Labute approximate surface area is 164 Å². The number of anilines is 1. The van der Waals surface area contributed by atoms with E-state index in [9.17, 15) is 15.0 Å². The van der Waals surface area contributed by atoms with Gasteiger partial charge in [0.2, 0.25) is 0 Å². The quantitative estimate of drug-likeness (QED) is 0.308. The van der Waals surface area contributed by atoms with Gasteiger partial charge in [-0.2, -0.15) is 11.8 Å². The van der Waals surface area contributed by atoms with E-state index in [4.69, 9.17) is 26.4 Å². The number of hydrogen-bond acceptors (Lipinski definition) is 11. The van der Waals surface area contributed by atoms with Crippen molar-refractivity contribution in [3.8, 4) is 0 Å². The minimum atomic E-state index is -1.19. The van der Waals surface area contributed by atoms with Crippen molar-refractivity contribution >= 4 is 34.7 Å². The first-order valence-electron chi connectivity index (χ1n) is 8.34. The summed E-state index contributed by atoms with van der Waals surface area (Å²) < 4.78 is 6.85. The summed E-state index contributed by atoms with van der Waals surface area (Å²) >= 11 is 1.60. The molecule has 1 fully saturated rings. The van der Waals surface area contributed by atoms with Crippen LogP contribution >= 0.6 is 11.8 Å². The number of ether oxygens (including phenoxy) is 1. The second-order valence-electron chi connectivity index (χ2n) is 6.04. The van der Waals surface area contributed by atoms with E-state index in [2.05, 4.69) is 15.0 Å². The molecule has 1 saturated heterocycles. The Morgan fingerprint density at radius 2 is 2.07 bits per heavy atom.